The molecular formula is C46H51N7O6. The van der Waals surface area contributed by atoms with Crippen molar-refractivity contribution in [3.05, 3.63) is 77.9 Å². The van der Waals surface area contributed by atoms with Gasteiger partial charge in [0.05, 0.1) is 40.8 Å². The molecule has 2 aromatic heterocycles. The molecule has 13 nitrogen and oxygen atoms in total. The fourth-order valence-corrected chi connectivity index (χ4v) is 9.19. The van der Waals surface area contributed by atoms with E-state index in [-0.39, 0.29) is 35.9 Å². The van der Waals surface area contributed by atoms with E-state index in [9.17, 15) is 14.4 Å². The predicted molar refractivity (Wildman–Crippen MR) is 226 cm³/mol. The summed E-state index contributed by atoms with van der Waals surface area (Å²) in [5.74, 6) is 2.37. The predicted octanol–water partition coefficient (Wildman–Crippen LogP) is 8.20. The summed E-state index contributed by atoms with van der Waals surface area (Å²) in [6.45, 7) is 11.7. The highest BCUT2D eigenvalue weighted by Gasteiger charge is 2.40. The van der Waals surface area contributed by atoms with E-state index >= 15 is 0 Å². The lowest BCUT2D eigenvalue weighted by atomic mass is 9.91. The molecule has 0 spiro atoms. The summed E-state index contributed by atoms with van der Waals surface area (Å²) in [7, 11) is 1.69. The van der Waals surface area contributed by atoms with Gasteiger partial charge in [0.15, 0.2) is 0 Å². The topological polar surface area (TPSA) is 155 Å². The third-order valence-corrected chi connectivity index (χ3v) is 12.0. The summed E-state index contributed by atoms with van der Waals surface area (Å²) >= 11 is 0. The Labute approximate surface area is 342 Å². The van der Waals surface area contributed by atoms with Crippen molar-refractivity contribution in [2.24, 2.45) is 11.8 Å². The number of nitrogens with one attached hydrogen (secondary N) is 3. The standard InChI is InChI=1S/C46H51N7O6/c1-25(2)40(47-24-54)44(55)52-15-7-8-37(52)42-48-34-13-10-28(19-36(34)50-42)27-9-12-31-30(17-27)23-58-39-20-32-29(18-33(31)39)11-14-35-41(32)51-43(49-35)38-16-26(22-57-6)21-53(38)45(56)59-46(3,4)5/h9-14,17-20,24-26,37-38,40H,7-8,15-16,21-23H2,1-6H3,(H,47,54)(H,48,50)(H,49,51). The van der Waals surface area contributed by atoms with Crippen molar-refractivity contribution < 1.29 is 28.6 Å². The Bertz CT molecular complexity index is 2610. The maximum Gasteiger partial charge on any atom is 0.410 e. The van der Waals surface area contributed by atoms with Gasteiger partial charge in [-0.25, -0.2) is 14.8 Å². The van der Waals surface area contributed by atoms with Gasteiger partial charge in [-0.15, -0.1) is 0 Å². The molecule has 3 amide bonds. The number of hydrogen-bond acceptors (Lipinski definition) is 8. The van der Waals surface area contributed by atoms with Crippen LogP contribution in [0.2, 0.25) is 0 Å². The molecule has 59 heavy (non-hydrogen) atoms. The van der Waals surface area contributed by atoms with Gasteiger partial charge in [-0.05, 0) is 110 Å². The van der Waals surface area contributed by atoms with Crippen molar-refractivity contribution in [2.45, 2.75) is 84.2 Å². The Kier molecular flexibility index (Phi) is 9.81. The molecule has 3 N–H and O–H groups in total. The third-order valence-electron chi connectivity index (χ3n) is 12.0. The van der Waals surface area contributed by atoms with Crippen molar-refractivity contribution in [1.82, 2.24) is 35.1 Å². The van der Waals surface area contributed by atoms with Crippen LogP contribution in [-0.2, 0) is 25.7 Å². The number of ether oxygens (including phenoxy) is 3. The van der Waals surface area contributed by atoms with Crippen LogP contribution in [0.4, 0.5) is 4.79 Å². The zero-order valence-electron chi connectivity index (χ0n) is 34.4. The number of imidazole rings is 2. The summed E-state index contributed by atoms with van der Waals surface area (Å²) in [6.07, 6.45) is 2.67. The van der Waals surface area contributed by atoms with E-state index in [1.165, 1.54) is 0 Å². The SMILES string of the molecule is COCC1CC(c2nc3c(ccc4cc5c(cc43)OCc3cc(-c4ccc6nc(C7CCCN7C(=O)C(NC=O)C(C)C)[nH]c6c4)ccc3-5)[nH]2)N(C(=O)OC(C)(C)C)C1. The number of H-pyrrole nitrogens is 2. The number of carbonyl (C=O) groups is 3. The van der Waals surface area contributed by atoms with E-state index in [1.54, 1.807) is 12.0 Å². The van der Waals surface area contributed by atoms with Gasteiger partial charge in [0.25, 0.3) is 0 Å². The van der Waals surface area contributed by atoms with E-state index in [2.05, 4.69) is 69.9 Å². The number of nitrogens with zero attached hydrogens (tertiary/aromatic N) is 4. The average molecular weight is 798 g/mol. The van der Waals surface area contributed by atoms with Crippen LogP contribution in [0, 0.1) is 11.8 Å². The number of aromatic nitrogens is 4. The number of amides is 3. The van der Waals surface area contributed by atoms with Gasteiger partial charge >= 0.3 is 6.09 Å². The fraction of sp³-hybridized carbons (Fsp3) is 0.413. The van der Waals surface area contributed by atoms with Crippen LogP contribution in [-0.4, -0.2) is 86.6 Å². The number of rotatable bonds is 9. The summed E-state index contributed by atoms with van der Waals surface area (Å²) in [5.41, 5.74) is 8.24. The summed E-state index contributed by atoms with van der Waals surface area (Å²) in [6, 6.07) is 20.2. The number of carbonyl (C=O) groups excluding carboxylic acids is 3. The molecule has 2 saturated heterocycles. The molecule has 306 valence electrons. The van der Waals surface area contributed by atoms with E-state index in [0.717, 1.165) is 97.3 Å². The number of fused-ring (bicyclic) bond motifs is 7. The maximum absolute atomic E-state index is 13.5. The van der Waals surface area contributed by atoms with Gasteiger partial charge in [-0.3, -0.25) is 14.5 Å². The van der Waals surface area contributed by atoms with E-state index in [1.807, 2.05) is 45.6 Å². The molecule has 4 atom stereocenters. The molecular weight excluding hydrogens is 747 g/mol. The van der Waals surface area contributed by atoms with Gasteiger partial charge in [0.1, 0.15) is 35.6 Å². The molecule has 4 aromatic carbocycles. The van der Waals surface area contributed by atoms with E-state index in [0.29, 0.717) is 32.7 Å². The number of likely N-dealkylation sites (tertiary alicyclic amines) is 2. The van der Waals surface area contributed by atoms with Crippen molar-refractivity contribution in [2.75, 3.05) is 26.8 Å². The number of aromatic amines is 2. The zero-order chi connectivity index (χ0) is 41.2. The fourth-order valence-electron chi connectivity index (χ4n) is 9.19. The minimum atomic E-state index is -0.609. The van der Waals surface area contributed by atoms with Crippen LogP contribution in [0.5, 0.6) is 5.75 Å². The Morgan fingerprint density at radius 1 is 0.949 bits per heavy atom. The molecule has 13 heteroatoms. The average Bonchev–Trinajstić information content (AvgIpc) is 4.03. The summed E-state index contributed by atoms with van der Waals surface area (Å²) < 4.78 is 17.7. The Morgan fingerprint density at radius 2 is 1.73 bits per heavy atom. The van der Waals surface area contributed by atoms with Crippen LogP contribution >= 0.6 is 0 Å². The first-order chi connectivity index (χ1) is 28.4. The normalized spacial score (nSPS) is 19.6. The molecule has 0 aliphatic carbocycles. The highest BCUT2D eigenvalue weighted by atomic mass is 16.6. The van der Waals surface area contributed by atoms with Gasteiger partial charge in [-0.1, -0.05) is 38.1 Å². The smallest absolute Gasteiger partial charge is 0.410 e. The molecule has 5 heterocycles. The molecule has 4 unspecified atom stereocenters. The van der Waals surface area contributed by atoms with E-state index in [4.69, 9.17) is 24.2 Å². The minimum absolute atomic E-state index is 0.0259. The third kappa shape index (κ3) is 7.15. The summed E-state index contributed by atoms with van der Waals surface area (Å²) in [5, 5.41) is 4.74. The first kappa shape index (κ1) is 38.6. The minimum Gasteiger partial charge on any atom is -0.488 e. The molecule has 0 bridgehead atoms. The Morgan fingerprint density at radius 3 is 2.51 bits per heavy atom. The van der Waals surface area contributed by atoms with Crippen LogP contribution in [0.1, 0.15) is 83.2 Å². The van der Waals surface area contributed by atoms with Crippen LogP contribution < -0.4 is 10.1 Å². The van der Waals surface area contributed by atoms with Gasteiger partial charge < -0.3 is 34.4 Å². The van der Waals surface area contributed by atoms with Gasteiger partial charge in [0, 0.05) is 37.1 Å². The lowest BCUT2D eigenvalue weighted by molar-refractivity contribution is -0.137. The highest BCUT2D eigenvalue weighted by Crippen LogP contribution is 2.44. The van der Waals surface area contributed by atoms with Gasteiger partial charge in [0.2, 0.25) is 12.3 Å². The second kappa shape index (κ2) is 15.0. The number of benzene rings is 4. The maximum atomic E-state index is 13.5. The summed E-state index contributed by atoms with van der Waals surface area (Å²) in [4.78, 5) is 58.8. The molecule has 3 aliphatic rings. The van der Waals surface area contributed by atoms with Crippen molar-refractivity contribution in [3.8, 4) is 28.0 Å². The van der Waals surface area contributed by atoms with Crippen LogP contribution in [0.3, 0.4) is 0 Å². The number of hydrogen-bond donors (Lipinski definition) is 3. The van der Waals surface area contributed by atoms with Crippen molar-refractivity contribution in [3.63, 3.8) is 0 Å². The van der Waals surface area contributed by atoms with Crippen molar-refractivity contribution >= 4 is 51.2 Å². The van der Waals surface area contributed by atoms with Crippen LogP contribution in [0.15, 0.2) is 60.7 Å². The molecule has 9 rings (SSSR count). The molecule has 6 aromatic rings. The van der Waals surface area contributed by atoms with E-state index < -0.39 is 11.6 Å². The molecule has 0 saturated carbocycles. The first-order valence-corrected chi connectivity index (χ1v) is 20.6. The molecule has 2 fully saturated rings. The highest BCUT2D eigenvalue weighted by molar-refractivity contribution is 6.07. The Hall–Kier alpha value is -5.95. The molecule has 0 radical (unpaired) electrons. The number of methoxy groups -OCH3 is 1. The zero-order valence-corrected chi connectivity index (χ0v) is 34.4. The lowest BCUT2D eigenvalue weighted by Crippen LogP contribution is -2.48. The second-order valence-corrected chi connectivity index (χ2v) is 17.6. The Balaban J connectivity index is 0.983. The monoisotopic (exact) mass is 797 g/mol. The van der Waals surface area contributed by atoms with Gasteiger partial charge in [-0.2, -0.15) is 0 Å². The second-order valence-electron chi connectivity index (χ2n) is 17.6. The lowest BCUT2D eigenvalue weighted by Gasteiger charge is -2.29. The first-order valence-electron chi connectivity index (χ1n) is 20.6. The quantitative estimate of drug-likeness (QED) is 0.124. The van der Waals surface area contributed by atoms with Crippen molar-refractivity contribution in [1.29, 1.82) is 0 Å². The largest absolute Gasteiger partial charge is 0.488 e. The van der Waals surface area contributed by atoms with Crippen LogP contribution in [0.25, 0.3) is 55.1 Å². The molecule has 3 aliphatic heterocycles.